The summed E-state index contributed by atoms with van der Waals surface area (Å²) < 4.78 is 25.8. The van der Waals surface area contributed by atoms with Crippen molar-refractivity contribution in [3.8, 4) is 0 Å². The first-order chi connectivity index (χ1) is 7.67. The maximum atomic E-state index is 12.9. The Labute approximate surface area is 90.0 Å². The van der Waals surface area contributed by atoms with Gasteiger partial charge in [0, 0.05) is 12.5 Å². The summed E-state index contributed by atoms with van der Waals surface area (Å²) in [5.41, 5.74) is 0.457. The van der Waals surface area contributed by atoms with Crippen LogP contribution in [0.2, 0.25) is 0 Å². The van der Waals surface area contributed by atoms with Gasteiger partial charge in [0.15, 0.2) is 5.82 Å². The molecule has 0 radical (unpaired) electrons. The van der Waals surface area contributed by atoms with Crippen molar-refractivity contribution in [3.05, 3.63) is 47.0 Å². The molecule has 0 bridgehead atoms. The zero-order valence-corrected chi connectivity index (χ0v) is 8.24. The molecule has 0 aliphatic carbocycles. The molecule has 16 heavy (non-hydrogen) atoms. The van der Waals surface area contributed by atoms with Crippen LogP contribution in [-0.4, -0.2) is 20.3 Å². The molecule has 0 aliphatic rings. The average molecular weight is 225 g/mol. The van der Waals surface area contributed by atoms with Crippen molar-refractivity contribution in [2.24, 2.45) is 0 Å². The van der Waals surface area contributed by atoms with E-state index >= 15 is 0 Å². The minimum absolute atomic E-state index is 0.238. The Hall–Kier alpha value is -1.82. The summed E-state index contributed by atoms with van der Waals surface area (Å²) in [6.45, 7) is -0.270. The maximum Gasteiger partial charge on any atom is 0.176 e. The summed E-state index contributed by atoms with van der Waals surface area (Å²) in [4.78, 5) is 3.92. The van der Waals surface area contributed by atoms with Crippen molar-refractivity contribution < 1.29 is 13.9 Å². The third-order valence-corrected chi connectivity index (χ3v) is 2.01. The highest BCUT2D eigenvalue weighted by Gasteiger charge is 2.05. The molecule has 84 valence electrons. The number of aromatic amines is 1. The molecule has 0 amide bonds. The number of nitrogens with zero attached hydrogens (tertiary/aromatic N) is 2. The molecule has 0 spiro atoms. The number of halogens is 2. The third-order valence-electron chi connectivity index (χ3n) is 2.01. The van der Waals surface area contributed by atoms with E-state index in [4.69, 9.17) is 5.11 Å². The SMILES string of the molecule is OCc1n[nH]c(Cc2cc(F)cc(F)c2)n1. The Balaban J connectivity index is 2.19. The van der Waals surface area contributed by atoms with Crippen molar-refractivity contribution in [2.45, 2.75) is 13.0 Å². The summed E-state index contributed by atoms with van der Waals surface area (Å²) in [5.74, 6) is -0.547. The summed E-state index contributed by atoms with van der Waals surface area (Å²) in [7, 11) is 0. The molecule has 0 fully saturated rings. The maximum absolute atomic E-state index is 12.9. The van der Waals surface area contributed by atoms with Crippen LogP contribution in [0, 0.1) is 11.6 Å². The predicted octanol–water partition coefficient (Wildman–Crippen LogP) is 1.17. The number of hydrogen-bond acceptors (Lipinski definition) is 3. The molecule has 1 aromatic heterocycles. The van der Waals surface area contributed by atoms with Crippen molar-refractivity contribution in [3.63, 3.8) is 0 Å². The molecule has 0 aliphatic heterocycles. The number of aromatic nitrogens is 3. The normalized spacial score (nSPS) is 10.7. The lowest BCUT2D eigenvalue weighted by molar-refractivity contribution is 0.272. The first-order valence-electron chi connectivity index (χ1n) is 4.63. The van der Waals surface area contributed by atoms with E-state index in [0.29, 0.717) is 11.4 Å². The van der Waals surface area contributed by atoms with Crippen LogP contribution in [0.3, 0.4) is 0 Å². The first kappa shape index (κ1) is 10.7. The molecule has 0 saturated heterocycles. The number of aliphatic hydroxyl groups excluding tert-OH is 1. The number of rotatable bonds is 3. The second kappa shape index (κ2) is 4.36. The summed E-state index contributed by atoms with van der Waals surface area (Å²) in [5, 5.41) is 15.0. The minimum atomic E-state index is -0.628. The van der Waals surface area contributed by atoms with E-state index in [1.54, 1.807) is 0 Å². The molecule has 2 aromatic rings. The van der Waals surface area contributed by atoms with Gasteiger partial charge in [0.05, 0.1) is 0 Å². The second-order valence-electron chi connectivity index (χ2n) is 3.31. The van der Waals surface area contributed by atoms with Gasteiger partial charge in [-0.05, 0) is 17.7 Å². The second-order valence-corrected chi connectivity index (χ2v) is 3.31. The van der Waals surface area contributed by atoms with Crippen LogP contribution in [0.15, 0.2) is 18.2 Å². The fraction of sp³-hybridized carbons (Fsp3) is 0.200. The number of benzene rings is 1. The zero-order chi connectivity index (χ0) is 11.5. The first-order valence-corrected chi connectivity index (χ1v) is 4.63. The van der Waals surface area contributed by atoms with E-state index in [0.717, 1.165) is 6.07 Å². The molecule has 1 heterocycles. The standard InChI is InChI=1S/C10H9F2N3O/c11-7-1-6(2-8(12)4-7)3-9-13-10(5-16)15-14-9/h1-2,4,16H,3,5H2,(H,13,14,15). The predicted molar refractivity (Wildman–Crippen MR) is 51.5 cm³/mol. The van der Waals surface area contributed by atoms with Gasteiger partial charge < -0.3 is 5.11 Å². The van der Waals surface area contributed by atoms with Gasteiger partial charge in [-0.2, -0.15) is 5.10 Å². The van der Waals surface area contributed by atoms with E-state index in [1.807, 2.05) is 0 Å². The molecule has 2 N–H and O–H groups in total. The Morgan fingerprint density at radius 2 is 1.88 bits per heavy atom. The fourth-order valence-electron chi connectivity index (χ4n) is 1.39. The van der Waals surface area contributed by atoms with Crippen LogP contribution in [-0.2, 0) is 13.0 Å². The lowest BCUT2D eigenvalue weighted by atomic mass is 10.1. The summed E-state index contributed by atoms with van der Waals surface area (Å²) in [6, 6.07) is 3.26. The molecular weight excluding hydrogens is 216 g/mol. The van der Waals surface area contributed by atoms with Gasteiger partial charge in [0.25, 0.3) is 0 Å². The molecule has 2 rings (SSSR count). The van der Waals surface area contributed by atoms with Crippen molar-refractivity contribution in [2.75, 3.05) is 0 Å². The Kier molecular flexibility index (Phi) is 2.91. The van der Waals surface area contributed by atoms with E-state index < -0.39 is 11.6 Å². The Morgan fingerprint density at radius 3 is 2.44 bits per heavy atom. The van der Waals surface area contributed by atoms with Gasteiger partial charge in [-0.15, -0.1) is 0 Å². The fourth-order valence-corrected chi connectivity index (χ4v) is 1.39. The van der Waals surface area contributed by atoms with Gasteiger partial charge in [-0.25, -0.2) is 13.8 Å². The Morgan fingerprint density at radius 1 is 1.19 bits per heavy atom. The molecule has 6 heteroatoms. The quantitative estimate of drug-likeness (QED) is 0.824. The van der Waals surface area contributed by atoms with E-state index in [9.17, 15) is 8.78 Å². The number of nitrogens with one attached hydrogen (secondary N) is 1. The number of H-pyrrole nitrogens is 1. The molecule has 0 saturated carbocycles. The lowest BCUT2D eigenvalue weighted by Crippen LogP contribution is -1.94. The van der Waals surface area contributed by atoms with Crippen LogP contribution in [0.5, 0.6) is 0 Å². The molecular formula is C10H9F2N3O. The van der Waals surface area contributed by atoms with Crippen molar-refractivity contribution in [1.82, 2.24) is 15.2 Å². The molecule has 1 aromatic carbocycles. The smallest absolute Gasteiger partial charge is 0.176 e. The molecule has 0 atom stereocenters. The largest absolute Gasteiger partial charge is 0.388 e. The summed E-state index contributed by atoms with van der Waals surface area (Å²) >= 11 is 0. The number of hydrogen-bond donors (Lipinski definition) is 2. The third kappa shape index (κ3) is 2.40. The monoisotopic (exact) mass is 225 g/mol. The van der Waals surface area contributed by atoms with Gasteiger partial charge in [0.1, 0.15) is 24.1 Å². The Bertz CT molecular complexity index is 478. The van der Waals surface area contributed by atoms with Crippen molar-refractivity contribution in [1.29, 1.82) is 0 Å². The van der Waals surface area contributed by atoms with Crippen LogP contribution >= 0.6 is 0 Å². The van der Waals surface area contributed by atoms with Crippen LogP contribution in [0.1, 0.15) is 17.2 Å². The zero-order valence-electron chi connectivity index (χ0n) is 8.24. The van der Waals surface area contributed by atoms with Gasteiger partial charge in [0.2, 0.25) is 0 Å². The molecule has 4 nitrogen and oxygen atoms in total. The molecule has 0 unspecified atom stereocenters. The lowest BCUT2D eigenvalue weighted by Gasteiger charge is -1.98. The highest BCUT2D eigenvalue weighted by atomic mass is 19.1. The van der Waals surface area contributed by atoms with Gasteiger partial charge >= 0.3 is 0 Å². The van der Waals surface area contributed by atoms with E-state index in [2.05, 4.69) is 15.2 Å². The van der Waals surface area contributed by atoms with Crippen LogP contribution in [0.25, 0.3) is 0 Å². The van der Waals surface area contributed by atoms with Crippen molar-refractivity contribution >= 4 is 0 Å². The highest BCUT2D eigenvalue weighted by molar-refractivity contribution is 5.21. The number of aliphatic hydroxyl groups is 1. The highest BCUT2D eigenvalue weighted by Crippen LogP contribution is 2.11. The topological polar surface area (TPSA) is 61.8 Å². The average Bonchev–Trinajstić information content (AvgIpc) is 2.64. The van der Waals surface area contributed by atoms with E-state index in [1.165, 1.54) is 12.1 Å². The minimum Gasteiger partial charge on any atom is -0.388 e. The van der Waals surface area contributed by atoms with E-state index in [-0.39, 0.29) is 18.9 Å². The van der Waals surface area contributed by atoms with Gasteiger partial charge in [-0.1, -0.05) is 0 Å². The summed E-state index contributed by atoms with van der Waals surface area (Å²) in [6.07, 6.45) is 0.238. The van der Waals surface area contributed by atoms with Gasteiger partial charge in [-0.3, -0.25) is 5.10 Å². The van der Waals surface area contributed by atoms with Crippen LogP contribution < -0.4 is 0 Å². The van der Waals surface area contributed by atoms with Crippen LogP contribution in [0.4, 0.5) is 8.78 Å².